The number of nitrogens with one attached hydrogen (secondary N) is 2. The average molecular weight is 672 g/mol. The van der Waals surface area contributed by atoms with Gasteiger partial charge in [-0.15, -0.1) is 5.10 Å². The molecular formula is C32H42N5O7PS. The zero-order valence-electron chi connectivity index (χ0n) is 26.7. The number of imidazole rings is 1. The smallest absolute Gasteiger partial charge is 0.335 e. The number of hydrogen-bond donors (Lipinski definition) is 2. The van der Waals surface area contributed by atoms with Gasteiger partial charge in [0.15, 0.2) is 11.3 Å². The summed E-state index contributed by atoms with van der Waals surface area (Å²) in [5.74, 6) is 1.51. The molecule has 46 heavy (non-hydrogen) atoms. The molecule has 0 aliphatic heterocycles. The molecule has 1 aliphatic rings. The fourth-order valence-corrected chi connectivity index (χ4v) is 8.68. The first-order valence-corrected chi connectivity index (χ1v) is 19.0. The van der Waals surface area contributed by atoms with Crippen molar-refractivity contribution in [2.24, 2.45) is 0 Å². The van der Waals surface area contributed by atoms with Gasteiger partial charge in [0, 0.05) is 11.6 Å². The van der Waals surface area contributed by atoms with Crippen LogP contribution >= 0.6 is 7.60 Å². The number of nitrogens with zero attached hydrogens (tertiary/aromatic N) is 3. The van der Waals surface area contributed by atoms with Gasteiger partial charge in [0.1, 0.15) is 11.6 Å². The molecule has 2 aromatic carbocycles. The number of anilines is 1. The van der Waals surface area contributed by atoms with Crippen molar-refractivity contribution >= 4 is 28.8 Å². The fraction of sp³-hybridized carbons (Fsp3) is 0.469. The number of sulfonamides is 1. The van der Waals surface area contributed by atoms with Crippen LogP contribution in [0.1, 0.15) is 82.3 Å². The second kappa shape index (κ2) is 14.5. The third-order valence-corrected chi connectivity index (χ3v) is 11.4. The van der Waals surface area contributed by atoms with Gasteiger partial charge < -0.3 is 18.8 Å². The fourth-order valence-electron chi connectivity index (χ4n) is 5.90. The lowest BCUT2D eigenvalue weighted by Gasteiger charge is -2.17. The molecule has 1 saturated carbocycles. The molecule has 0 unspecified atom stereocenters. The van der Waals surface area contributed by atoms with Gasteiger partial charge in [0.25, 0.3) is 15.6 Å². The molecule has 0 atom stereocenters. The summed E-state index contributed by atoms with van der Waals surface area (Å²) in [5, 5.41) is 4.81. The third-order valence-electron chi connectivity index (χ3n) is 7.97. The Bertz CT molecular complexity index is 1870. The maximum Gasteiger partial charge on any atom is 0.335 e. The van der Waals surface area contributed by atoms with Gasteiger partial charge in [-0.25, -0.2) is 17.9 Å². The van der Waals surface area contributed by atoms with Crippen molar-refractivity contribution in [3.05, 3.63) is 69.9 Å². The number of aromatic nitrogens is 4. The van der Waals surface area contributed by atoms with Gasteiger partial charge >= 0.3 is 7.60 Å². The molecule has 0 radical (unpaired) electrons. The van der Waals surface area contributed by atoms with Crippen LogP contribution in [0.15, 0.2) is 52.2 Å². The molecule has 248 valence electrons. The van der Waals surface area contributed by atoms with E-state index in [9.17, 15) is 17.8 Å². The second-order valence-electron chi connectivity index (χ2n) is 11.3. The van der Waals surface area contributed by atoms with E-state index in [0.717, 1.165) is 31.5 Å². The lowest BCUT2D eigenvalue weighted by molar-refractivity contribution is 0.219. The monoisotopic (exact) mass is 671 g/mol. The van der Waals surface area contributed by atoms with Crippen molar-refractivity contribution in [2.45, 2.75) is 83.2 Å². The highest BCUT2D eigenvalue weighted by atomic mass is 32.2. The first kappa shape index (κ1) is 33.8. The minimum absolute atomic E-state index is 0.0410. The van der Waals surface area contributed by atoms with Crippen LogP contribution in [0.3, 0.4) is 0 Å². The molecule has 4 aromatic rings. The number of rotatable bonds is 13. The molecule has 14 heteroatoms. The Balaban J connectivity index is 1.48. The first-order valence-electron chi connectivity index (χ1n) is 15.8. The molecule has 0 amide bonds. The van der Waals surface area contributed by atoms with E-state index < -0.39 is 17.6 Å². The van der Waals surface area contributed by atoms with E-state index in [4.69, 9.17) is 23.9 Å². The van der Waals surface area contributed by atoms with Crippen molar-refractivity contribution in [1.82, 2.24) is 19.6 Å². The van der Waals surface area contributed by atoms with E-state index in [-0.39, 0.29) is 41.6 Å². The summed E-state index contributed by atoms with van der Waals surface area (Å²) in [4.78, 5) is 20.9. The molecule has 0 bridgehead atoms. The lowest BCUT2D eigenvalue weighted by Crippen LogP contribution is -2.17. The van der Waals surface area contributed by atoms with Gasteiger partial charge in [-0.2, -0.15) is 0 Å². The number of fused-ring (bicyclic) bond motifs is 1. The number of hydrogen-bond acceptors (Lipinski definition) is 9. The number of benzene rings is 2. The summed E-state index contributed by atoms with van der Waals surface area (Å²) < 4.78 is 60.9. The van der Waals surface area contributed by atoms with Crippen LogP contribution < -0.4 is 15.0 Å². The van der Waals surface area contributed by atoms with Crippen LogP contribution in [-0.2, 0) is 29.8 Å². The Labute approximate surface area is 269 Å². The number of ether oxygens (including phenoxy) is 1. The van der Waals surface area contributed by atoms with Gasteiger partial charge in [0.2, 0.25) is 0 Å². The molecule has 0 saturated heterocycles. The summed E-state index contributed by atoms with van der Waals surface area (Å²) in [5.41, 5.74) is 1.96. The minimum Gasteiger partial charge on any atom is -0.493 e. The van der Waals surface area contributed by atoms with E-state index in [0.29, 0.717) is 40.4 Å². The van der Waals surface area contributed by atoms with E-state index in [1.54, 1.807) is 55.6 Å². The Kier molecular flexibility index (Phi) is 10.7. The summed E-state index contributed by atoms with van der Waals surface area (Å²) in [7, 11) is -7.38. The normalized spacial score (nSPS) is 14.8. The zero-order valence-corrected chi connectivity index (χ0v) is 28.5. The molecular weight excluding hydrogens is 629 g/mol. The van der Waals surface area contributed by atoms with E-state index in [2.05, 4.69) is 9.71 Å². The highest BCUT2D eigenvalue weighted by Crippen LogP contribution is 2.51. The third kappa shape index (κ3) is 7.54. The van der Waals surface area contributed by atoms with Crippen LogP contribution in [0.25, 0.3) is 16.9 Å². The lowest BCUT2D eigenvalue weighted by atomic mass is 10.00. The standard InChI is InChI=1S/C32H42N5O7PS/c1-5-42-28-19-18-26(46(40,41)36-25-16-14-23(15-17-25)21-45(39,43-6-2)44-7-3)20-27(28)30-34-32(38)29-22(4)33-31(37(29)35-30)24-12-10-8-9-11-13-24/h14-20,24,36H,5-13,21H2,1-4H3,(H,34,35,38). The van der Waals surface area contributed by atoms with E-state index in [1.807, 2.05) is 6.92 Å². The van der Waals surface area contributed by atoms with Gasteiger partial charge in [0.05, 0.1) is 42.1 Å². The second-order valence-corrected chi connectivity index (χ2v) is 15.0. The van der Waals surface area contributed by atoms with Crippen LogP contribution in [-0.4, -0.2) is 47.8 Å². The van der Waals surface area contributed by atoms with Crippen LogP contribution in [0.2, 0.25) is 0 Å². The molecule has 2 heterocycles. The Morgan fingerprint density at radius 3 is 2.28 bits per heavy atom. The van der Waals surface area contributed by atoms with Crippen LogP contribution in [0.4, 0.5) is 5.69 Å². The van der Waals surface area contributed by atoms with Crippen molar-refractivity contribution < 1.29 is 26.8 Å². The minimum atomic E-state index is -4.07. The van der Waals surface area contributed by atoms with Crippen molar-refractivity contribution in [2.75, 3.05) is 24.5 Å². The van der Waals surface area contributed by atoms with Crippen molar-refractivity contribution in [3.8, 4) is 17.1 Å². The van der Waals surface area contributed by atoms with Crippen molar-refractivity contribution in [3.63, 3.8) is 0 Å². The Morgan fingerprint density at radius 1 is 0.978 bits per heavy atom. The molecule has 12 nitrogen and oxygen atoms in total. The van der Waals surface area contributed by atoms with Crippen LogP contribution in [0.5, 0.6) is 5.75 Å². The number of aromatic amines is 1. The Hall–Kier alpha value is -3.51. The van der Waals surface area contributed by atoms with Gasteiger partial charge in [-0.05, 0) is 76.4 Å². The van der Waals surface area contributed by atoms with E-state index >= 15 is 0 Å². The molecule has 1 fully saturated rings. The molecule has 5 rings (SSSR count). The topological polar surface area (TPSA) is 154 Å². The highest BCUT2D eigenvalue weighted by molar-refractivity contribution is 7.92. The van der Waals surface area contributed by atoms with Crippen LogP contribution in [0, 0.1) is 6.92 Å². The maximum atomic E-state index is 13.6. The molecule has 2 N–H and O–H groups in total. The summed E-state index contributed by atoms with van der Waals surface area (Å²) in [6, 6.07) is 11.0. The first-order chi connectivity index (χ1) is 22.1. The van der Waals surface area contributed by atoms with Crippen molar-refractivity contribution in [1.29, 1.82) is 0 Å². The summed E-state index contributed by atoms with van der Waals surface area (Å²) in [6.45, 7) is 7.95. The SMILES string of the molecule is CCOc1ccc(S(=O)(=O)Nc2ccc(CP(=O)(OCC)OCC)cc2)cc1-c1nn2c(C3CCCCCC3)nc(C)c2c(=O)[nH]1. The summed E-state index contributed by atoms with van der Waals surface area (Å²) >= 11 is 0. The number of aryl methyl sites for hydroxylation is 1. The largest absolute Gasteiger partial charge is 0.493 e. The Morgan fingerprint density at radius 2 is 1.65 bits per heavy atom. The predicted octanol–water partition coefficient (Wildman–Crippen LogP) is 6.80. The van der Waals surface area contributed by atoms with Gasteiger partial charge in [-0.3, -0.25) is 14.1 Å². The van der Waals surface area contributed by atoms with Gasteiger partial charge in [-0.1, -0.05) is 37.8 Å². The number of H-pyrrole nitrogens is 1. The quantitative estimate of drug-likeness (QED) is 0.115. The maximum absolute atomic E-state index is 13.6. The zero-order chi connectivity index (χ0) is 32.9. The molecule has 1 aliphatic carbocycles. The van der Waals surface area contributed by atoms with E-state index in [1.165, 1.54) is 25.0 Å². The average Bonchev–Trinajstić information content (AvgIpc) is 3.16. The molecule has 0 spiro atoms. The summed E-state index contributed by atoms with van der Waals surface area (Å²) in [6.07, 6.45) is 6.58. The predicted molar refractivity (Wildman–Crippen MR) is 177 cm³/mol. The molecule has 2 aromatic heterocycles. The highest BCUT2D eigenvalue weighted by Gasteiger charge is 2.26.